The number of hydrazine groups is 2. The van der Waals surface area contributed by atoms with Crippen molar-refractivity contribution in [3.63, 3.8) is 0 Å². The smallest absolute Gasteiger partial charge is 0.328 e. The molecule has 4 amide bonds. The van der Waals surface area contributed by atoms with Crippen LogP contribution in [0.15, 0.2) is 18.2 Å². The third-order valence-electron chi connectivity index (χ3n) is 3.44. The largest absolute Gasteiger partial charge is 0.733 e. The third-order valence-corrected chi connectivity index (χ3v) is 4.51. The zero-order valence-corrected chi connectivity index (χ0v) is 16.8. The van der Waals surface area contributed by atoms with Crippen LogP contribution >= 0.6 is 11.3 Å². The van der Waals surface area contributed by atoms with Crippen LogP contribution < -0.4 is 32.2 Å². The van der Waals surface area contributed by atoms with Crippen LogP contribution in [-0.4, -0.2) is 33.8 Å². The number of nitrogens with one attached hydrogen (secondary N) is 5. The maximum Gasteiger partial charge on any atom is 0.328 e. The van der Waals surface area contributed by atoms with E-state index in [1.165, 1.54) is 13.8 Å². The first kappa shape index (κ1) is 23.0. The number of aromatic nitrogens is 1. The molecule has 31 heavy (non-hydrogen) atoms. The molecule has 0 unspecified atom stereocenters. The molecule has 0 radical (unpaired) electrons. The highest BCUT2D eigenvalue weighted by Crippen LogP contribution is 2.22. The molecule has 0 saturated carbocycles. The van der Waals surface area contributed by atoms with E-state index in [0.29, 0.717) is 5.69 Å². The van der Waals surface area contributed by atoms with E-state index in [1.54, 1.807) is 6.07 Å². The van der Waals surface area contributed by atoms with Crippen molar-refractivity contribution in [2.45, 2.75) is 13.8 Å². The van der Waals surface area contributed by atoms with Gasteiger partial charge in [0, 0.05) is 6.92 Å². The molecule has 14 nitrogen and oxygen atoms in total. The van der Waals surface area contributed by atoms with Crippen molar-refractivity contribution in [2.75, 3.05) is 16.0 Å². The molecule has 1 aromatic carbocycles. The molecule has 6 N–H and O–H groups in total. The van der Waals surface area contributed by atoms with E-state index in [4.69, 9.17) is 10.5 Å². The lowest BCUT2D eigenvalue weighted by atomic mass is 10.1. The highest BCUT2D eigenvalue weighted by molar-refractivity contribution is 7.17. The van der Waals surface area contributed by atoms with Crippen LogP contribution in [0, 0.1) is 23.5 Å². The van der Waals surface area contributed by atoms with E-state index in [2.05, 4.69) is 21.2 Å². The summed E-state index contributed by atoms with van der Waals surface area (Å²) < 4.78 is 0. The molecule has 0 spiro atoms. The molecule has 0 aliphatic rings. The second kappa shape index (κ2) is 9.98. The Morgan fingerprint density at radius 1 is 1.19 bits per heavy atom. The lowest BCUT2D eigenvalue weighted by Crippen LogP contribution is -2.46. The fourth-order valence-electron chi connectivity index (χ4n) is 2.06. The molecule has 0 bridgehead atoms. The van der Waals surface area contributed by atoms with Gasteiger partial charge in [-0.1, -0.05) is 11.3 Å². The van der Waals surface area contributed by atoms with Gasteiger partial charge in [0.2, 0.25) is 11.0 Å². The number of hydrogen-bond donors (Lipinski definition) is 6. The molecule has 1 heterocycles. The molecule has 162 valence electrons. The number of nitrogens with zero attached hydrogens (tertiary/aromatic N) is 3. The summed E-state index contributed by atoms with van der Waals surface area (Å²) in [6.07, 6.45) is 0. The van der Waals surface area contributed by atoms with E-state index in [-0.39, 0.29) is 32.9 Å². The molecule has 0 fully saturated rings. The molecule has 15 heteroatoms. The Hall–Kier alpha value is -4.26. The number of hydrogen-bond acceptors (Lipinski definition) is 11. The number of nitriles is 1. The number of aryl methyl sites for hydroxylation is 1. The lowest BCUT2D eigenvalue weighted by molar-refractivity contribution is -0.136. The normalized spacial score (nSPS) is 9.77. The quantitative estimate of drug-likeness (QED) is 0.264. The predicted molar refractivity (Wildman–Crippen MR) is 107 cm³/mol. The van der Waals surface area contributed by atoms with Crippen LogP contribution in [0.5, 0.6) is 0 Å². The summed E-state index contributed by atoms with van der Waals surface area (Å²) in [6, 6.07) is 4.96. The Balaban J connectivity index is 1.97. The average molecular weight is 447 g/mol. The molecule has 1 aromatic heterocycles. The second-order valence-electron chi connectivity index (χ2n) is 5.72. The zero-order valence-electron chi connectivity index (χ0n) is 16.0. The Morgan fingerprint density at radius 3 is 2.52 bits per heavy atom. The monoisotopic (exact) mass is 447 g/mol. The van der Waals surface area contributed by atoms with Gasteiger partial charge < -0.3 is 15.8 Å². The van der Waals surface area contributed by atoms with Crippen LogP contribution in [0.4, 0.5) is 16.5 Å². The van der Waals surface area contributed by atoms with Crippen LogP contribution in [-0.2, 0) is 14.4 Å². The minimum absolute atomic E-state index is 0.0911. The van der Waals surface area contributed by atoms with Crippen molar-refractivity contribution < 1.29 is 24.4 Å². The van der Waals surface area contributed by atoms with Crippen molar-refractivity contribution in [1.29, 1.82) is 5.26 Å². The molecule has 2 aromatic rings. The second-order valence-corrected chi connectivity index (χ2v) is 6.72. The van der Waals surface area contributed by atoms with E-state index in [0.717, 1.165) is 29.5 Å². The van der Waals surface area contributed by atoms with Gasteiger partial charge >= 0.3 is 11.8 Å². The number of carbonyl (C=O) groups excluding carboxylic acids is 4. The lowest BCUT2D eigenvalue weighted by Gasteiger charge is -2.22. The van der Waals surface area contributed by atoms with Crippen LogP contribution in [0.3, 0.4) is 0 Å². The maximum atomic E-state index is 12.2. The molecular formula is C16H15N8O6S-. The minimum Gasteiger partial charge on any atom is -0.733 e. The van der Waals surface area contributed by atoms with Crippen LogP contribution in [0.1, 0.15) is 27.9 Å². The minimum atomic E-state index is -1.24. The standard InChI is InChI=1S/C16H15N8O6S/c1-7-12(31-16(18-7)23-20-8(2)25)13(26)21-22-15(28)14(27)19-11-4-3-10(24(29)30)5-9(11)6-17/h3-5,29H,1-2H3,(H,18,23)(H,19,27)(H,20,25)(H,21,26)(H,22,28)/q-1. The number of thiazole rings is 1. The van der Waals surface area contributed by atoms with E-state index >= 15 is 0 Å². The summed E-state index contributed by atoms with van der Waals surface area (Å²) in [5.41, 5.74) is 8.54. The Morgan fingerprint density at radius 2 is 1.90 bits per heavy atom. The number of anilines is 3. The summed E-state index contributed by atoms with van der Waals surface area (Å²) >= 11 is 0.894. The van der Waals surface area contributed by atoms with E-state index in [1.807, 2.05) is 10.9 Å². The van der Waals surface area contributed by atoms with Crippen molar-refractivity contribution in [3.05, 3.63) is 39.5 Å². The van der Waals surface area contributed by atoms with Crippen molar-refractivity contribution in [2.24, 2.45) is 0 Å². The number of carbonyl (C=O) groups is 4. The van der Waals surface area contributed by atoms with Gasteiger partial charge in [0.15, 0.2) is 0 Å². The summed E-state index contributed by atoms with van der Waals surface area (Å²) in [4.78, 5) is 51.2. The third kappa shape index (κ3) is 6.11. The summed E-state index contributed by atoms with van der Waals surface area (Å²) in [5, 5.41) is 30.7. The summed E-state index contributed by atoms with van der Waals surface area (Å²) in [7, 11) is 0. The highest BCUT2D eigenvalue weighted by Gasteiger charge is 2.19. The van der Waals surface area contributed by atoms with Gasteiger partial charge in [0.25, 0.3) is 5.91 Å². The van der Waals surface area contributed by atoms with E-state index < -0.39 is 22.9 Å². The summed E-state index contributed by atoms with van der Waals surface area (Å²) in [6.45, 7) is 2.81. The first-order valence-corrected chi connectivity index (χ1v) is 9.06. The molecule has 0 saturated heterocycles. The predicted octanol–water partition coefficient (Wildman–Crippen LogP) is -0.121. The van der Waals surface area contributed by atoms with Gasteiger partial charge in [-0.15, -0.1) is 0 Å². The van der Waals surface area contributed by atoms with Crippen LogP contribution in [0.25, 0.3) is 0 Å². The zero-order chi connectivity index (χ0) is 23.1. The Kier molecular flexibility index (Phi) is 7.41. The van der Waals surface area contributed by atoms with Crippen molar-refractivity contribution in [3.8, 4) is 6.07 Å². The number of rotatable bonds is 5. The number of benzene rings is 1. The number of amides is 4. The topological polar surface area (TPSA) is 212 Å². The van der Waals surface area contributed by atoms with Gasteiger partial charge in [0.1, 0.15) is 10.9 Å². The van der Waals surface area contributed by atoms with Crippen LogP contribution in [0.2, 0.25) is 0 Å². The molecule has 2 rings (SSSR count). The molecule has 0 aliphatic carbocycles. The molecular weight excluding hydrogens is 432 g/mol. The first-order valence-electron chi connectivity index (χ1n) is 8.24. The van der Waals surface area contributed by atoms with Gasteiger partial charge in [-0.2, -0.15) is 5.26 Å². The maximum absolute atomic E-state index is 12.2. The average Bonchev–Trinajstić information content (AvgIpc) is 3.10. The van der Waals surface area contributed by atoms with Gasteiger partial charge in [-0.3, -0.25) is 46.1 Å². The van der Waals surface area contributed by atoms with Gasteiger partial charge in [-0.25, -0.2) is 4.98 Å². The van der Waals surface area contributed by atoms with Gasteiger partial charge in [0.05, 0.1) is 22.6 Å². The fraction of sp³-hybridized carbons (Fsp3) is 0.125. The highest BCUT2D eigenvalue weighted by atomic mass is 32.1. The van der Waals surface area contributed by atoms with E-state index in [9.17, 15) is 24.4 Å². The first-order chi connectivity index (χ1) is 14.6. The van der Waals surface area contributed by atoms with Gasteiger partial charge in [-0.05, 0) is 25.1 Å². The Labute approximate surface area is 178 Å². The van der Waals surface area contributed by atoms with Crippen molar-refractivity contribution >= 4 is 51.5 Å². The molecule has 0 aliphatic heterocycles. The Bertz CT molecular complexity index is 1080. The molecule has 0 atom stereocenters. The fourth-order valence-corrected chi connectivity index (χ4v) is 2.88. The summed E-state index contributed by atoms with van der Waals surface area (Å²) in [5.74, 6) is -3.57. The van der Waals surface area contributed by atoms with Crippen molar-refractivity contribution in [1.82, 2.24) is 21.3 Å². The SMILES string of the molecule is CC(=O)NNc1nc(C)c(C(=O)NNC(=O)C(=O)Nc2ccc(N([O-])O)cc2C#N)s1.